The first-order valence-corrected chi connectivity index (χ1v) is 6.83. The van der Waals surface area contributed by atoms with Crippen molar-refractivity contribution in [2.24, 2.45) is 0 Å². The molecule has 0 aromatic heterocycles. The number of carbonyl (C=O) groups is 1. The van der Waals surface area contributed by atoms with E-state index in [1.807, 2.05) is 25.1 Å². The molecule has 5 heteroatoms. The Bertz CT molecular complexity index is 672. The number of aromatic hydroxyl groups is 2. The van der Waals surface area contributed by atoms with E-state index in [0.717, 1.165) is 5.56 Å². The lowest BCUT2D eigenvalue weighted by atomic mass is 10.1. The highest BCUT2D eigenvalue weighted by Crippen LogP contribution is 2.32. The average molecular weight is 306 g/mol. The topological polar surface area (TPSA) is 60.8 Å². The Kier molecular flexibility index (Phi) is 4.38. The van der Waals surface area contributed by atoms with Crippen LogP contribution in [0.25, 0.3) is 0 Å². The van der Waals surface area contributed by atoms with Gasteiger partial charge in [0.15, 0.2) is 11.5 Å². The fourth-order valence-corrected chi connectivity index (χ4v) is 2.39. The molecule has 4 nitrogen and oxygen atoms in total. The Hall–Kier alpha value is -2.20. The number of hydrogen-bond donors (Lipinski definition) is 2. The van der Waals surface area contributed by atoms with Gasteiger partial charge in [0.1, 0.15) is 0 Å². The van der Waals surface area contributed by atoms with Crippen molar-refractivity contribution in [3.63, 3.8) is 0 Å². The number of amides is 1. The third-order valence-corrected chi connectivity index (χ3v) is 3.85. The van der Waals surface area contributed by atoms with Crippen molar-refractivity contribution in [3.05, 3.63) is 58.6 Å². The maximum atomic E-state index is 12.5. The van der Waals surface area contributed by atoms with Crippen LogP contribution in [-0.4, -0.2) is 28.1 Å². The van der Waals surface area contributed by atoms with Gasteiger partial charge in [0.2, 0.25) is 0 Å². The van der Waals surface area contributed by atoms with E-state index in [1.165, 1.54) is 23.1 Å². The van der Waals surface area contributed by atoms with Gasteiger partial charge in [-0.15, -0.1) is 0 Å². The number of benzene rings is 2. The zero-order valence-electron chi connectivity index (χ0n) is 11.7. The summed E-state index contributed by atoms with van der Waals surface area (Å²) in [7, 11) is 1.62. The highest BCUT2D eigenvalue weighted by atomic mass is 35.5. The Morgan fingerprint density at radius 3 is 2.48 bits per heavy atom. The lowest BCUT2D eigenvalue weighted by molar-refractivity contribution is 0.0739. The second-order valence-electron chi connectivity index (χ2n) is 4.79. The third kappa shape index (κ3) is 2.95. The summed E-state index contributed by atoms with van der Waals surface area (Å²) >= 11 is 6.14. The van der Waals surface area contributed by atoms with Crippen LogP contribution in [0.2, 0.25) is 5.02 Å². The number of hydrogen-bond acceptors (Lipinski definition) is 3. The monoisotopic (exact) mass is 305 g/mol. The summed E-state index contributed by atoms with van der Waals surface area (Å²) in [6.45, 7) is 1.85. The molecule has 1 atom stereocenters. The van der Waals surface area contributed by atoms with Gasteiger partial charge in [-0.3, -0.25) is 4.79 Å². The molecule has 0 spiro atoms. The van der Waals surface area contributed by atoms with E-state index in [2.05, 4.69) is 0 Å². The van der Waals surface area contributed by atoms with Crippen LogP contribution in [0.5, 0.6) is 11.5 Å². The maximum Gasteiger partial charge on any atom is 0.258 e. The van der Waals surface area contributed by atoms with E-state index in [9.17, 15) is 15.0 Å². The molecule has 0 heterocycles. The Labute approximate surface area is 128 Å². The third-order valence-electron chi connectivity index (χ3n) is 3.50. The van der Waals surface area contributed by atoms with Gasteiger partial charge in [0.05, 0.1) is 11.6 Å². The predicted molar refractivity (Wildman–Crippen MR) is 81.7 cm³/mol. The fraction of sp³-hybridized carbons (Fsp3) is 0.188. The van der Waals surface area contributed by atoms with Gasteiger partial charge in [-0.1, -0.05) is 35.9 Å². The molecule has 1 amide bonds. The van der Waals surface area contributed by atoms with Crippen LogP contribution in [0.1, 0.15) is 28.9 Å². The summed E-state index contributed by atoms with van der Waals surface area (Å²) in [6.07, 6.45) is 0. The van der Waals surface area contributed by atoms with E-state index < -0.39 is 11.7 Å². The number of phenols is 2. The van der Waals surface area contributed by atoms with Crippen LogP contribution in [0.4, 0.5) is 0 Å². The van der Waals surface area contributed by atoms with E-state index in [0.29, 0.717) is 5.02 Å². The van der Waals surface area contributed by atoms with Gasteiger partial charge >= 0.3 is 0 Å². The molecular weight excluding hydrogens is 290 g/mol. The van der Waals surface area contributed by atoms with Gasteiger partial charge < -0.3 is 15.1 Å². The molecule has 0 bridgehead atoms. The van der Waals surface area contributed by atoms with E-state index in [1.54, 1.807) is 13.1 Å². The van der Waals surface area contributed by atoms with Crippen molar-refractivity contribution in [2.75, 3.05) is 7.05 Å². The molecule has 21 heavy (non-hydrogen) atoms. The van der Waals surface area contributed by atoms with Crippen LogP contribution < -0.4 is 0 Å². The standard InChI is InChI=1S/C16H16ClNO3/c1-10(11-6-3-4-8-13(11)17)18(2)16(21)12-7-5-9-14(19)15(12)20/h3-10,19-20H,1-2H3. The molecule has 2 N–H and O–H groups in total. The first-order valence-electron chi connectivity index (χ1n) is 6.46. The van der Waals surface area contributed by atoms with Gasteiger partial charge in [-0.05, 0) is 30.7 Å². The molecule has 110 valence electrons. The molecule has 2 aromatic rings. The van der Waals surface area contributed by atoms with Crippen LogP contribution in [0.15, 0.2) is 42.5 Å². The van der Waals surface area contributed by atoms with Crippen molar-refractivity contribution in [3.8, 4) is 11.5 Å². The van der Waals surface area contributed by atoms with Crippen molar-refractivity contribution < 1.29 is 15.0 Å². The smallest absolute Gasteiger partial charge is 0.258 e. The summed E-state index contributed by atoms with van der Waals surface area (Å²) in [6, 6.07) is 11.3. The SMILES string of the molecule is CC(c1ccccc1Cl)N(C)C(=O)c1cccc(O)c1O. The molecule has 0 radical (unpaired) electrons. The second-order valence-corrected chi connectivity index (χ2v) is 5.19. The fourth-order valence-electron chi connectivity index (χ4n) is 2.09. The average Bonchev–Trinajstić information content (AvgIpc) is 2.48. The summed E-state index contributed by atoms with van der Waals surface area (Å²) < 4.78 is 0. The predicted octanol–water partition coefficient (Wildman–Crippen LogP) is 3.58. The van der Waals surface area contributed by atoms with E-state index in [4.69, 9.17) is 11.6 Å². The first kappa shape index (κ1) is 15.2. The quantitative estimate of drug-likeness (QED) is 0.852. The number of halogens is 1. The van der Waals surface area contributed by atoms with Gasteiger partial charge in [0.25, 0.3) is 5.91 Å². The summed E-state index contributed by atoms with van der Waals surface area (Å²) in [4.78, 5) is 13.9. The normalized spacial score (nSPS) is 12.0. The lowest BCUT2D eigenvalue weighted by Gasteiger charge is -2.26. The van der Waals surface area contributed by atoms with Crippen molar-refractivity contribution >= 4 is 17.5 Å². The maximum absolute atomic E-state index is 12.5. The Morgan fingerprint density at radius 2 is 1.81 bits per heavy atom. The highest BCUT2D eigenvalue weighted by Gasteiger charge is 2.23. The van der Waals surface area contributed by atoms with Gasteiger partial charge in [-0.25, -0.2) is 0 Å². The molecule has 0 aliphatic rings. The number of para-hydroxylation sites is 1. The molecular formula is C16H16ClNO3. The summed E-state index contributed by atoms with van der Waals surface area (Å²) in [5, 5.41) is 19.9. The van der Waals surface area contributed by atoms with Crippen LogP contribution in [-0.2, 0) is 0 Å². The number of phenolic OH excluding ortho intramolecular Hbond substituents is 2. The van der Waals surface area contributed by atoms with E-state index >= 15 is 0 Å². The van der Waals surface area contributed by atoms with Crippen LogP contribution in [0.3, 0.4) is 0 Å². The van der Waals surface area contributed by atoms with Crippen molar-refractivity contribution in [1.82, 2.24) is 4.90 Å². The second kappa shape index (κ2) is 6.06. The molecule has 2 aromatic carbocycles. The minimum atomic E-state index is -0.416. The molecule has 2 rings (SSSR count). The van der Waals surface area contributed by atoms with Gasteiger partial charge in [0, 0.05) is 12.1 Å². The van der Waals surface area contributed by atoms with Crippen LogP contribution >= 0.6 is 11.6 Å². The molecule has 0 aliphatic carbocycles. The highest BCUT2D eigenvalue weighted by molar-refractivity contribution is 6.31. The molecule has 0 aliphatic heterocycles. The van der Waals surface area contributed by atoms with Crippen LogP contribution in [0, 0.1) is 0 Å². The summed E-state index contributed by atoms with van der Waals surface area (Å²) in [5.41, 5.74) is 0.867. The van der Waals surface area contributed by atoms with Crippen molar-refractivity contribution in [1.29, 1.82) is 0 Å². The first-order chi connectivity index (χ1) is 9.93. The minimum Gasteiger partial charge on any atom is -0.504 e. The minimum absolute atomic E-state index is 0.0522. The number of nitrogens with zero attached hydrogens (tertiary/aromatic N) is 1. The molecule has 0 saturated heterocycles. The Morgan fingerprint density at radius 1 is 1.14 bits per heavy atom. The lowest BCUT2D eigenvalue weighted by Crippen LogP contribution is -2.29. The summed E-state index contributed by atoms with van der Waals surface area (Å²) in [5.74, 6) is -1.13. The Balaban J connectivity index is 2.31. The number of rotatable bonds is 3. The van der Waals surface area contributed by atoms with E-state index in [-0.39, 0.29) is 17.4 Å². The molecule has 0 fully saturated rings. The molecule has 0 saturated carbocycles. The molecule has 1 unspecified atom stereocenters. The van der Waals surface area contributed by atoms with Gasteiger partial charge in [-0.2, -0.15) is 0 Å². The zero-order chi connectivity index (χ0) is 15.6. The zero-order valence-corrected chi connectivity index (χ0v) is 12.5. The largest absolute Gasteiger partial charge is 0.504 e. The number of carbonyl (C=O) groups excluding carboxylic acids is 1. The van der Waals surface area contributed by atoms with Crippen molar-refractivity contribution in [2.45, 2.75) is 13.0 Å².